The molecule has 110 valence electrons. The molecule has 1 atom stereocenters. The van der Waals surface area contributed by atoms with Gasteiger partial charge in [-0.1, -0.05) is 18.2 Å². The summed E-state index contributed by atoms with van der Waals surface area (Å²) in [4.78, 5) is 16.1. The molecule has 1 unspecified atom stereocenters. The van der Waals surface area contributed by atoms with E-state index in [1.54, 1.807) is 6.92 Å². The molecular formula is C16H24N2O2. The lowest BCUT2D eigenvalue weighted by atomic mass is 10.1. The number of likely N-dealkylation sites (N-methyl/N-ethyl adjacent to an activating group) is 1. The quantitative estimate of drug-likeness (QED) is 0.825. The minimum absolute atomic E-state index is 0.114. The van der Waals surface area contributed by atoms with E-state index >= 15 is 0 Å². The normalized spacial score (nSPS) is 21.1. The van der Waals surface area contributed by atoms with Crippen molar-refractivity contribution in [1.82, 2.24) is 9.80 Å². The van der Waals surface area contributed by atoms with Crippen LogP contribution in [0.2, 0.25) is 0 Å². The maximum Gasteiger partial charge on any atom is 0.159 e. The summed E-state index contributed by atoms with van der Waals surface area (Å²) in [6, 6.07) is 8.30. The van der Waals surface area contributed by atoms with Crippen LogP contribution in [-0.2, 0) is 6.54 Å². The van der Waals surface area contributed by atoms with E-state index in [4.69, 9.17) is 5.11 Å². The van der Waals surface area contributed by atoms with Gasteiger partial charge in [-0.15, -0.1) is 0 Å². The lowest BCUT2D eigenvalue weighted by Crippen LogP contribution is -2.51. The van der Waals surface area contributed by atoms with Crippen LogP contribution in [0.5, 0.6) is 0 Å². The fourth-order valence-corrected chi connectivity index (χ4v) is 2.76. The number of piperazine rings is 1. The maximum absolute atomic E-state index is 11.4. The van der Waals surface area contributed by atoms with Crippen molar-refractivity contribution >= 4 is 5.78 Å². The van der Waals surface area contributed by atoms with E-state index in [2.05, 4.69) is 22.9 Å². The Hall–Kier alpha value is -1.23. The van der Waals surface area contributed by atoms with Gasteiger partial charge in [0, 0.05) is 44.4 Å². The third-order valence-corrected chi connectivity index (χ3v) is 4.06. The van der Waals surface area contributed by atoms with E-state index < -0.39 is 0 Å². The van der Waals surface area contributed by atoms with E-state index in [0.29, 0.717) is 6.04 Å². The third-order valence-electron chi connectivity index (χ3n) is 4.06. The summed E-state index contributed by atoms with van der Waals surface area (Å²) < 4.78 is 0. The zero-order chi connectivity index (χ0) is 14.5. The average Bonchev–Trinajstić information content (AvgIpc) is 2.43. The molecule has 0 radical (unpaired) electrons. The van der Waals surface area contributed by atoms with Gasteiger partial charge in [0.15, 0.2) is 5.78 Å². The molecule has 1 heterocycles. The Morgan fingerprint density at radius 3 is 2.90 bits per heavy atom. The second-order valence-electron chi connectivity index (χ2n) is 5.64. The molecule has 1 N–H and O–H groups in total. The number of carbonyl (C=O) groups is 1. The van der Waals surface area contributed by atoms with Crippen LogP contribution in [0, 0.1) is 0 Å². The van der Waals surface area contributed by atoms with Crippen LogP contribution in [0.3, 0.4) is 0 Å². The molecule has 20 heavy (non-hydrogen) atoms. The molecular weight excluding hydrogens is 252 g/mol. The summed E-state index contributed by atoms with van der Waals surface area (Å²) in [6.07, 6.45) is 0.820. The Morgan fingerprint density at radius 2 is 2.20 bits per heavy atom. The zero-order valence-corrected chi connectivity index (χ0v) is 12.4. The van der Waals surface area contributed by atoms with Crippen LogP contribution in [-0.4, -0.2) is 60.0 Å². The number of benzene rings is 1. The van der Waals surface area contributed by atoms with E-state index in [9.17, 15) is 4.79 Å². The van der Waals surface area contributed by atoms with Crippen molar-refractivity contribution in [3.05, 3.63) is 35.4 Å². The van der Waals surface area contributed by atoms with Crippen LogP contribution in [0.4, 0.5) is 0 Å². The van der Waals surface area contributed by atoms with Crippen molar-refractivity contribution in [2.24, 2.45) is 0 Å². The number of carbonyl (C=O) groups excluding carboxylic acids is 1. The van der Waals surface area contributed by atoms with Gasteiger partial charge < -0.3 is 10.0 Å². The van der Waals surface area contributed by atoms with Gasteiger partial charge in [0.25, 0.3) is 0 Å². The first kappa shape index (κ1) is 15.2. The van der Waals surface area contributed by atoms with Gasteiger partial charge in [-0.25, -0.2) is 0 Å². The first-order chi connectivity index (χ1) is 9.60. The fourth-order valence-electron chi connectivity index (χ4n) is 2.76. The minimum atomic E-state index is 0.114. The molecule has 4 nitrogen and oxygen atoms in total. The van der Waals surface area contributed by atoms with Gasteiger partial charge in [0.2, 0.25) is 0 Å². The summed E-state index contributed by atoms with van der Waals surface area (Å²) in [5.74, 6) is 0.114. The van der Waals surface area contributed by atoms with Gasteiger partial charge >= 0.3 is 0 Å². The fraction of sp³-hybridized carbons (Fsp3) is 0.562. The molecule has 1 aromatic rings. The molecule has 0 spiro atoms. The Kier molecular flexibility index (Phi) is 5.29. The van der Waals surface area contributed by atoms with Crippen molar-refractivity contribution < 1.29 is 9.90 Å². The van der Waals surface area contributed by atoms with Crippen LogP contribution < -0.4 is 0 Å². The number of aliphatic hydroxyl groups is 1. The Labute approximate surface area is 121 Å². The first-order valence-corrected chi connectivity index (χ1v) is 7.23. The standard InChI is InChI=1S/C16H24N2O2/c1-13(20)15-5-3-4-14(10-15)11-18-8-7-17(2)16(12-18)6-9-19/h3-5,10,16,19H,6-9,11-12H2,1-2H3. The predicted molar refractivity (Wildman–Crippen MR) is 79.8 cm³/mol. The summed E-state index contributed by atoms with van der Waals surface area (Å²) in [7, 11) is 2.12. The molecule has 1 aliphatic rings. The van der Waals surface area contributed by atoms with Crippen molar-refractivity contribution in [3.8, 4) is 0 Å². The molecule has 0 amide bonds. The van der Waals surface area contributed by atoms with Gasteiger partial charge in [-0.05, 0) is 32.0 Å². The summed E-state index contributed by atoms with van der Waals surface area (Å²) in [5, 5.41) is 9.13. The van der Waals surface area contributed by atoms with Crippen LogP contribution >= 0.6 is 0 Å². The van der Waals surface area contributed by atoms with Crippen LogP contribution in [0.25, 0.3) is 0 Å². The van der Waals surface area contributed by atoms with Crippen molar-refractivity contribution in [3.63, 3.8) is 0 Å². The van der Waals surface area contributed by atoms with Crippen molar-refractivity contribution in [2.75, 3.05) is 33.3 Å². The predicted octanol–water partition coefficient (Wildman–Crippen LogP) is 1.39. The number of hydrogen-bond acceptors (Lipinski definition) is 4. The number of rotatable bonds is 5. The lowest BCUT2D eigenvalue weighted by molar-refractivity contribution is 0.0743. The number of Topliss-reactive ketones (excluding diaryl/α,β-unsaturated/α-hetero) is 1. The molecule has 4 heteroatoms. The number of hydrogen-bond donors (Lipinski definition) is 1. The highest BCUT2D eigenvalue weighted by Crippen LogP contribution is 2.15. The molecule has 0 aromatic heterocycles. The van der Waals surface area contributed by atoms with Crippen molar-refractivity contribution in [2.45, 2.75) is 25.9 Å². The Balaban J connectivity index is 1.99. The SMILES string of the molecule is CC(=O)c1cccc(CN2CCN(C)C(CCO)C2)c1. The first-order valence-electron chi connectivity index (χ1n) is 7.23. The number of aliphatic hydroxyl groups excluding tert-OH is 1. The zero-order valence-electron chi connectivity index (χ0n) is 12.4. The highest BCUT2D eigenvalue weighted by Gasteiger charge is 2.23. The molecule has 1 aliphatic heterocycles. The van der Waals surface area contributed by atoms with Gasteiger partial charge in [0.05, 0.1) is 0 Å². The summed E-state index contributed by atoms with van der Waals surface area (Å²) in [5.41, 5.74) is 1.97. The summed E-state index contributed by atoms with van der Waals surface area (Å²) in [6.45, 7) is 5.74. The largest absolute Gasteiger partial charge is 0.396 e. The topological polar surface area (TPSA) is 43.8 Å². The van der Waals surface area contributed by atoms with E-state index in [1.165, 1.54) is 5.56 Å². The third kappa shape index (κ3) is 3.88. The molecule has 1 aromatic carbocycles. The minimum Gasteiger partial charge on any atom is -0.396 e. The van der Waals surface area contributed by atoms with E-state index in [0.717, 1.165) is 38.2 Å². The molecule has 0 saturated carbocycles. The molecule has 1 saturated heterocycles. The number of ketones is 1. The molecule has 2 rings (SSSR count). The van der Waals surface area contributed by atoms with E-state index in [1.807, 2.05) is 18.2 Å². The summed E-state index contributed by atoms with van der Waals surface area (Å²) >= 11 is 0. The molecule has 0 aliphatic carbocycles. The van der Waals surface area contributed by atoms with Gasteiger partial charge in [-0.2, -0.15) is 0 Å². The second kappa shape index (κ2) is 6.97. The highest BCUT2D eigenvalue weighted by molar-refractivity contribution is 5.94. The lowest BCUT2D eigenvalue weighted by Gasteiger charge is -2.39. The van der Waals surface area contributed by atoms with Gasteiger partial charge in [0.1, 0.15) is 0 Å². The highest BCUT2D eigenvalue weighted by atomic mass is 16.3. The Morgan fingerprint density at radius 1 is 1.40 bits per heavy atom. The van der Waals surface area contributed by atoms with Crippen molar-refractivity contribution in [1.29, 1.82) is 0 Å². The van der Waals surface area contributed by atoms with Crippen LogP contribution in [0.1, 0.15) is 29.3 Å². The van der Waals surface area contributed by atoms with E-state index in [-0.39, 0.29) is 12.4 Å². The smallest absolute Gasteiger partial charge is 0.159 e. The van der Waals surface area contributed by atoms with Crippen LogP contribution in [0.15, 0.2) is 24.3 Å². The van der Waals surface area contributed by atoms with Gasteiger partial charge in [-0.3, -0.25) is 9.69 Å². The Bertz CT molecular complexity index is 462. The average molecular weight is 276 g/mol. The number of nitrogens with zero attached hydrogens (tertiary/aromatic N) is 2. The monoisotopic (exact) mass is 276 g/mol. The molecule has 1 fully saturated rings. The maximum atomic E-state index is 11.4. The molecule has 0 bridgehead atoms. The second-order valence-corrected chi connectivity index (χ2v) is 5.64.